The van der Waals surface area contributed by atoms with Crippen LogP contribution in [0.4, 0.5) is 5.82 Å². The SMILES string of the molecule is CC(C)(C)c1cn2c(=O)[nH]nc2c(NCCCc2ccccc2)n1. The minimum atomic E-state index is -0.245. The van der Waals surface area contributed by atoms with Gasteiger partial charge in [-0.15, -0.1) is 5.10 Å². The number of nitrogens with one attached hydrogen (secondary N) is 2. The monoisotopic (exact) mass is 325 g/mol. The zero-order valence-corrected chi connectivity index (χ0v) is 14.3. The highest BCUT2D eigenvalue weighted by atomic mass is 16.1. The van der Waals surface area contributed by atoms with Crippen molar-refractivity contribution in [1.29, 1.82) is 0 Å². The minimum Gasteiger partial charge on any atom is -0.367 e. The van der Waals surface area contributed by atoms with Gasteiger partial charge in [0.1, 0.15) is 0 Å². The highest BCUT2D eigenvalue weighted by Crippen LogP contribution is 2.22. The van der Waals surface area contributed by atoms with Crippen molar-refractivity contribution < 1.29 is 0 Å². The lowest BCUT2D eigenvalue weighted by atomic mass is 9.93. The largest absolute Gasteiger partial charge is 0.367 e. The van der Waals surface area contributed by atoms with Gasteiger partial charge in [0, 0.05) is 18.2 Å². The summed E-state index contributed by atoms with van der Waals surface area (Å²) in [6, 6.07) is 10.4. The maximum Gasteiger partial charge on any atom is 0.347 e. The molecule has 0 saturated carbocycles. The Hall–Kier alpha value is -2.63. The van der Waals surface area contributed by atoms with E-state index in [2.05, 4.69) is 65.5 Å². The standard InChI is InChI=1S/C18H23N5O/c1-18(2,3)14-12-23-16(21-22-17(23)24)15(20-14)19-11-7-10-13-8-5-4-6-9-13/h4-6,8-9,12H,7,10-11H2,1-3H3,(H,19,20)(H,22,24). The van der Waals surface area contributed by atoms with E-state index >= 15 is 0 Å². The Morgan fingerprint density at radius 1 is 1.21 bits per heavy atom. The summed E-state index contributed by atoms with van der Waals surface area (Å²) in [4.78, 5) is 16.6. The first-order valence-electron chi connectivity index (χ1n) is 8.21. The van der Waals surface area contributed by atoms with Crippen LogP contribution in [0.1, 0.15) is 38.4 Å². The molecule has 3 aromatic rings. The Balaban J connectivity index is 1.77. The van der Waals surface area contributed by atoms with E-state index in [9.17, 15) is 4.79 Å². The molecule has 3 rings (SSSR count). The number of rotatable bonds is 5. The van der Waals surface area contributed by atoms with Crippen molar-refractivity contribution in [2.75, 3.05) is 11.9 Å². The molecule has 0 bridgehead atoms. The quantitative estimate of drug-likeness (QED) is 0.707. The Morgan fingerprint density at radius 2 is 1.96 bits per heavy atom. The average molecular weight is 325 g/mol. The fourth-order valence-corrected chi connectivity index (χ4v) is 2.54. The summed E-state index contributed by atoms with van der Waals surface area (Å²) >= 11 is 0. The van der Waals surface area contributed by atoms with Crippen molar-refractivity contribution in [2.24, 2.45) is 0 Å². The van der Waals surface area contributed by atoms with Gasteiger partial charge in [-0.25, -0.2) is 19.3 Å². The van der Waals surface area contributed by atoms with Crippen molar-refractivity contribution in [3.63, 3.8) is 0 Å². The maximum atomic E-state index is 11.9. The lowest BCUT2D eigenvalue weighted by Gasteiger charge is -2.19. The number of aromatic nitrogens is 4. The first-order chi connectivity index (χ1) is 11.4. The smallest absolute Gasteiger partial charge is 0.347 e. The second-order valence-electron chi connectivity index (χ2n) is 6.96. The number of aromatic amines is 1. The number of aryl methyl sites for hydroxylation is 1. The fourth-order valence-electron chi connectivity index (χ4n) is 2.54. The van der Waals surface area contributed by atoms with Crippen molar-refractivity contribution in [3.8, 4) is 0 Å². The van der Waals surface area contributed by atoms with E-state index in [0.717, 1.165) is 25.1 Å². The Kier molecular flexibility index (Phi) is 4.38. The van der Waals surface area contributed by atoms with Gasteiger partial charge in [0.15, 0.2) is 5.82 Å². The molecule has 0 aliphatic rings. The van der Waals surface area contributed by atoms with Crippen LogP contribution in [0.5, 0.6) is 0 Å². The normalized spacial score (nSPS) is 11.8. The predicted molar refractivity (Wildman–Crippen MR) is 95.6 cm³/mol. The summed E-state index contributed by atoms with van der Waals surface area (Å²) in [5, 5.41) is 9.90. The zero-order valence-electron chi connectivity index (χ0n) is 14.3. The van der Waals surface area contributed by atoms with Gasteiger partial charge in [-0.2, -0.15) is 0 Å². The van der Waals surface area contributed by atoms with Crippen LogP contribution in [-0.4, -0.2) is 26.1 Å². The molecular formula is C18H23N5O. The number of fused-ring (bicyclic) bond motifs is 1. The lowest BCUT2D eigenvalue weighted by molar-refractivity contribution is 0.564. The van der Waals surface area contributed by atoms with Crippen molar-refractivity contribution in [2.45, 2.75) is 39.0 Å². The second-order valence-corrected chi connectivity index (χ2v) is 6.96. The molecule has 2 aromatic heterocycles. The Labute approximate surface area is 141 Å². The first kappa shape index (κ1) is 16.2. The zero-order chi connectivity index (χ0) is 17.2. The van der Waals surface area contributed by atoms with Gasteiger partial charge in [-0.05, 0) is 18.4 Å². The van der Waals surface area contributed by atoms with E-state index in [1.165, 1.54) is 9.96 Å². The van der Waals surface area contributed by atoms with E-state index in [-0.39, 0.29) is 11.1 Å². The van der Waals surface area contributed by atoms with Gasteiger partial charge in [-0.1, -0.05) is 51.1 Å². The molecule has 0 amide bonds. The summed E-state index contributed by atoms with van der Waals surface area (Å²) < 4.78 is 1.52. The fraction of sp³-hybridized carbons (Fsp3) is 0.389. The van der Waals surface area contributed by atoms with Crippen LogP contribution in [0.3, 0.4) is 0 Å². The molecule has 0 aliphatic heterocycles. The minimum absolute atomic E-state index is 0.147. The van der Waals surface area contributed by atoms with Gasteiger partial charge in [0.2, 0.25) is 5.65 Å². The van der Waals surface area contributed by atoms with Crippen LogP contribution < -0.4 is 11.0 Å². The molecule has 2 heterocycles. The third-order valence-electron chi connectivity index (χ3n) is 3.95. The van der Waals surface area contributed by atoms with Gasteiger partial charge in [-0.3, -0.25) is 0 Å². The highest BCUT2D eigenvalue weighted by Gasteiger charge is 2.19. The molecule has 1 aromatic carbocycles. The van der Waals surface area contributed by atoms with Crippen LogP contribution in [-0.2, 0) is 11.8 Å². The molecule has 0 fully saturated rings. The summed E-state index contributed by atoms with van der Waals surface area (Å²) in [7, 11) is 0. The van der Waals surface area contributed by atoms with Gasteiger partial charge < -0.3 is 5.32 Å². The van der Waals surface area contributed by atoms with E-state index in [0.29, 0.717) is 11.5 Å². The summed E-state index contributed by atoms with van der Waals surface area (Å²) in [5.41, 5.74) is 2.31. The molecule has 126 valence electrons. The molecule has 6 heteroatoms. The summed E-state index contributed by atoms with van der Waals surface area (Å²) in [5.74, 6) is 0.647. The van der Waals surface area contributed by atoms with Gasteiger partial charge in [0.05, 0.1) is 5.69 Å². The Morgan fingerprint density at radius 3 is 2.67 bits per heavy atom. The van der Waals surface area contributed by atoms with Crippen molar-refractivity contribution >= 4 is 11.5 Å². The molecular weight excluding hydrogens is 302 g/mol. The molecule has 6 nitrogen and oxygen atoms in total. The van der Waals surface area contributed by atoms with E-state index in [4.69, 9.17) is 0 Å². The van der Waals surface area contributed by atoms with Crippen LogP contribution in [0.15, 0.2) is 41.3 Å². The molecule has 2 N–H and O–H groups in total. The molecule has 0 radical (unpaired) electrons. The third-order valence-corrected chi connectivity index (χ3v) is 3.95. The van der Waals surface area contributed by atoms with Crippen LogP contribution in [0.2, 0.25) is 0 Å². The second kappa shape index (κ2) is 6.47. The number of hydrogen-bond acceptors (Lipinski definition) is 4. The lowest BCUT2D eigenvalue weighted by Crippen LogP contribution is -2.19. The number of hydrogen-bond donors (Lipinski definition) is 2. The van der Waals surface area contributed by atoms with Crippen LogP contribution in [0, 0.1) is 0 Å². The Bertz CT molecular complexity index is 874. The first-order valence-corrected chi connectivity index (χ1v) is 8.21. The predicted octanol–water partition coefficient (Wildman–Crippen LogP) is 2.76. The van der Waals surface area contributed by atoms with Crippen LogP contribution >= 0.6 is 0 Å². The van der Waals surface area contributed by atoms with E-state index < -0.39 is 0 Å². The molecule has 24 heavy (non-hydrogen) atoms. The number of anilines is 1. The van der Waals surface area contributed by atoms with Crippen molar-refractivity contribution in [3.05, 3.63) is 58.3 Å². The molecule has 0 saturated heterocycles. The molecule has 0 unspecified atom stereocenters. The number of nitrogens with zero attached hydrogens (tertiary/aromatic N) is 3. The highest BCUT2D eigenvalue weighted by molar-refractivity contribution is 5.62. The van der Waals surface area contributed by atoms with Crippen molar-refractivity contribution in [1.82, 2.24) is 19.6 Å². The maximum absolute atomic E-state index is 11.9. The van der Waals surface area contributed by atoms with Gasteiger partial charge >= 0.3 is 5.69 Å². The number of H-pyrrole nitrogens is 1. The van der Waals surface area contributed by atoms with E-state index in [1.807, 2.05) is 6.07 Å². The summed E-state index contributed by atoms with van der Waals surface area (Å²) in [6.45, 7) is 6.99. The van der Waals surface area contributed by atoms with Crippen LogP contribution in [0.25, 0.3) is 5.65 Å². The van der Waals surface area contributed by atoms with E-state index in [1.54, 1.807) is 6.20 Å². The average Bonchev–Trinajstić information content (AvgIpc) is 2.93. The third kappa shape index (κ3) is 3.48. The topological polar surface area (TPSA) is 75.1 Å². The number of benzene rings is 1. The molecule has 0 spiro atoms. The van der Waals surface area contributed by atoms with Gasteiger partial charge in [0.25, 0.3) is 0 Å². The summed E-state index contributed by atoms with van der Waals surface area (Å²) in [6.07, 6.45) is 3.74. The molecule has 0 aliphatic carbocycles. The molecule has 0 atom stereocenters.